The predicted octanol–water partition coefficient (Wildman–Crippen LogP) is 1.34. The number of aliphatic hydroxyl groups excluding tert-OH is 1. The Bertz CT molecular complexity index is 532. The molecule has 0 saturated heterocycles. The van der Waals surface area contributed by atoms with E-state index in [0.717, 1.165) is 11.1 Å². The first-order valence-corrected chi connectivity index (χ1v) is 4.75. The summed E-state index contributed by atoms with van der Waals surface area (Å²) in [5.41, 5.74) is 1.74. The van der Waals surface area contributed by atoms with Gasteiger partial charge in [-0.15, -0.1) is 0 Å². The van der Waals surface area contributed by atoms with Crippen molar-refractivity contribution >= 4 is 16.9 Å². The van der Waals surface area contributed by atoms with Crippen molar-refractivity contribution in [3.8, 4) is 0 Å². The highest BCUT2D eigenvalue weighted by molar-refractivity contribution is 5.82. The van der Waals surface area contributed by atoms with Crippen LogP contribution in [-0.2, 0) is 9.53 Å². The minimum absolute atomic E-state index is 0.426. The Kier molecular flexibility index (Phi) is 2.62. The Balaban J connectivity index is 2.43. The number of ether oxygens (including phenoxy) is 1. The fourth-order valence-electron chi connectivity index (χ4n) is 1.50. The molecule has 16 heavy (non-hydrogen) atoms. The second-order valence-corrected chi connectivity index (χ2v) is 3.45. The molecule has 5 heteroatoms. The first-order valence-electron chi connectivity index (χ1n) is 4.75. The highest BCUT2D eigenvalue weighted by Crippen LogP contribution is 2.23. The smallest absolute Gasteiger partial charge is 0.339 e. The maximum Gasteiger partial charge on any atom is 0.339 e. The number of rotatable bonds is 2. The first kappa shape index (κ1) is 10.6. The summed E-state index contributed by atoms with van der Waals surface area (Å²) >= 11 is 0. The summed E-state index contributed by atoms with van der Waals surface area (Å²) in [5.74, 6) is -0.699. The van der Waals surface area contributed by atoms with Gasteiger partial charge in [0.25, 0.3) is 0 Å². The Morgan fingerprint density at radius 2 is 2.31 bits per heavy atom. The van der Waals surface area contributed by atoms with E-state index in [1.165, 1.54) is 7.11 Å². The number of esters is 1. The van der Waals surface area contributed by atoms with Gasteiger partial charge in [0.05, 0.1) is 12.8 Å². The normalized spacial score (nSPS) is 12.7. The molecule has 5 nitrogen and oxygen atoms in total. The summed E-state index contributed by atoms with van der Waals surface area (Å²) in [5, 5.41) is 14.3. The van der Waals surface area contributed by atoms with Gasteiger partial charge < -0.3 is 14.4 Å². The number of hydrogen-bond donors (Lipinski definition) is 1. The summed E-state index contributed by atoms with van der Waals surface area (Å²) in [7, 11) is 1.22. The van der Waals surface area contributed by atoms with Crippen LogP contribution in [0.25, 0.3) is 11.0 Å². The van der Waals surface area contributed by atoms with E-state index in [1.54, 1.807) is 18.2 Å². The van der Waals surface area contributed by atoms with Crippen molar-refractivity contribution < 1.29 is 19.2 Å². The van der Waals surface area contributed by atoms with Crippen molar-refractivity contribution in [2.75, 3.05) is 7.11 Å². The number of aromatic nitrogens is 1. The summed E-state index contributed by atoms with van der Waals surface area (Å²) in [6.45, 7) is 1.82. The molecule has 1 unspecified atom stereocenters. The van der Waals surface area contributed by atoms with E-state index in [0.29, 0.717) is 11.1 Å². The van der Waals surface area contributed by atoms with Gasteiger partial charge in [-0.3, -0.25) is 0 Å². The Morgan fingerprint density at radius 1 is 1.56 bits per heavy atom. The summed E-state index contributed by atoms with van der Waals surface area (Å²) in [6, 6.07) is 4.98. The van der Waals surface area contributed by atoms with Gasteiger partial charge in [0, 0.05) is 5.39 Å². The fourth-order valence-corrected chi connectivity index (χ4v) is 1.50. The predicted molar refractivity (Wildman–Crippen MR) is 55.7 cm³/mol. The molecule has 2 rings (SSSR count). The second kappa shape index (κ2) is 3.94. The summed E-state index contributed by atoms with van der Waals surface area (Å²) < 4.78 is 9.49. The monoisotopic (exact) mass is 221 g/mol. The quantitative estimate of drug-likeness (QED) is 0.775. The molecule has 0 aliphatic rings. The van der Waals surface area contributed by atoms with Gasteiger partial charge in [0.2, 0.25) is 0 Å². The molecule has 2 aromatic rings. The van der Waals surface area contributed by atoms with Crippen molar-refractivity contribution in [1.82, 2.24) is 5.16 Å². The van der Waals surface area contributed by atoms with Gasteiger partial charge in [-0.1, -0.05) is 11.2 Å². The fraction of sp³-hybridized carbons (Fsp3) is 0.273. The maximum absolute atomic E-state index is 11.1. The van der Waals surface area contributed by atoms with E-state index >= 15 is 0 Å². The average Bonchev–Trinajstić information content (AvgIpc) is 2.68. The molecule has 1 atom stereocenters. The van der Waals surface area contributed by atoms with Crippen LogP contribution in [0, 0.1) is 6.92 Å². The van der Waals surface area contributed by atoms with E-state index in [4.69, 9.17) is 4.52 Å². The van der Waals surface area contributed by atoms with Crippen LogP contribution in [0.5, 0.6) is 0 Å². The number of methoxy groups -OCH3 is 1. The lowest BCUT2D eigenvalue weighted by atomic mass is 10.1. The third kappa shape index (κ3) is 1.65. The number of carbonyl (C=O) groups is 1. The van der Waals surface area contributed by atoms with E-state index in [9.17, 15) is 9.90 Å². The largest absolute Gasteiger partial charge is 0.467 e. The topological polar surface area (TPSA) is 72.6 Å². The number of aliphatic hydroxyl groups is 1. The Hall–Kier alpha value is -1.88. The van der Waals surface area contributed by atoms with Crippen molar-refractivity contribution in [3.63, 3.8) is 0 Å². The van der Waals surface area contributed by atoms with Crippen LogP contribution in [-0.4, -0.2) is 23.3 Å². The SMILES string of the molecule is COC(=O)C(O)c1ccc2c(C)noc2c1. The van der Waals surface area contributed by atoms with Crippen LogP contribution >= 0.6 is 0 Å². The molecule has 0 amide bonds. The van der Waals surface area contributed by atoms with Crippen LogP contribution in [0.3, 0.4) is 0 Å². The zero-order valence-corrected chi connectivity index (χ0v) is 8.93. The molecule has 1 aromatic heterocycles. The third-order valence-corrected chi connectivity index (χ3v) is 2.42. The van der Waals surface area contributed by atoms with Crippen molar-refractivity contribution in [2.24, 2.45) is 0 Å². The number of aryl methyl sites for hydroxylation is 1. The van der Waals surface area contributed by atoms with Gasteiger partial charge >= 0.3 is 5.97 Å². The lowest BCUT2D eigenvalue weighted by Crippen LogP contribution is -2.13. The third-order valence-electron chi connectivity index (χ3n) is 2.42. The van der Waals surface area contributed by atoms with Crippen molar-refractivity contribution in [1.29, 1.82) is 0 Å². The summed E-state index contributed by atoms with van der Waals surface area (Å²) in [6.07, 6.45) is -1.29. The minimum atomic E-state index is -1.29. The number of carbonyl (C=O) groups excluding carboxylic acids is 1. The lowest BCUT2D eigenvalue weighted by Gasteiger charge is -2.07. The average molecular weight is 221 g/mol. The Morgan fingerprint density at radius 3 is 3.00 bits per heavy atom. The number of nitrogens with zero attached hydrogens (tertiary/aromatic N) is 1. The molecule has 0 aliphatic carbocycles. The molecule has 1 heterocycles. The van der Waals surface area contributed by atoms with Crippen LogP contribution in [0.1, 0.15) is 17.4 Å². The number of hydrogen-bond acceptors (Lipinski definition) is 5. The number of fused-ring (bicyclic) bond motifs is 1. The molecule has 0 radical (unpaired) electrons. The highest BCUT2D eigenvalue weighted by Gasteiger charge is 2.19. The van der Waals surface area contributed by atoms with Crippen LogP contribution in [0.15, 0.2) is 22.7 Å². The molecule has 84 valence electrons. The van der Waals surface area contributed by atoms with E-state index < -0.39 is 12.1 Å². The van der Waals surface area contributed by atoms with Crippen molar-refractivity contribution in [2.45, 2.75) is 13.0 Å². The zero-order chi connectivity index (χ0) is 11.7. The standard InChI is InChI=1S/C11H11NO4/c1-6-8-4-3-7(5-9(8)16-12-6)10(13)11(14)15-2/h3-5,10,13H,1-2H3. The van der Waals surface area contributed by atoms with E-state index in [1.807, 2.05) is 6.92 Å². The second-order valence-electron chi connectivity index (χ2n) is 3.45. The van der Waals surface area contributed by atoms with Gasteiger partial charge in [0.15, 0.2) is 11.7 Å². The molecule has 0 saturated carbocycles. The Labute approximate surface area is 91.6 Å². The molecule has 0 fully saturated rings. The maximum atomic E-state index is 11.1. The van der Waals surface area contributed by atoms with Gasteiger partial charge in [-0.25, -0.2) is 4.79 Å². The molecule has 0 spiro atoms. The van der Waals surface area contributed by atoms with E-state index in [-0.39, 0.29) is 0 Å². The molecular weight excluding hydrogens is 210 g/mol. The lowest BCUT2D eigenvalue weighted by molar-refractivity contribution is -0.150. The van der Waals surface area contributed by atoms with Gasteiger partial charge in [-0.2, -0.15) is 0 Å². The molecular formula is C11H11NO4. The molecule has 1 N–H and O–H groups in total. The summed E-state index contributed by atoms with van der Waals surface area (Å²) in [4.78, 5) is 11.1. The van der Waals surface area contributed by atoms with Gasteiger partial charge in [0.1, 0.15) is 0 Å². The molecule has 0 aliphatic heterocycles. The molecule has 1 aromatic carbocycles. The number of benzene rings is 1. The van der Waals surface area contributed by atoms with Crippen molar-refractivity contribution in [3.05, 3.63) is 29.5 Å². The van der Waals surface area contributed by atoms with Crippen LogP contribution < -0.4 is 0 Å². The molecule has 0 bridgehead atoms. The van der Waals surface area contributed by atoms with E-state index in [2.05, 4.69) is 9.89 Å². The zero-order valence-electron chi connectivity index (χ0n) is 8.93. The minimum Gasteiger partial charge on any atom is -0.467 e. The van der Waals surface area contributed by atoms with Gasteiger partial charge in [-0.05, 0) is 24.6 Å². The highest BCUT2D eigenvalue weighted by atomic mass is 16.5. The van der Waals surface area contributed by atoms with Crippen LogP contribution in [0.2, 0.25) is 0 Å². The van der Waals surface area contributed by atoms with Crippen LogP contribution in [0.4, 0.5) is 0 Å². The first-order chi connectivity index (χ1) is 7.63.